The second kappa shape index (κ2) is 12.2. The lowest BCUT2D eigenvalue weighted by Gasteiger charge is -2.32. The molecule has 1 unspecified atom stereocenters. The molecule has 0 aliphatic heterocycles. The van der Waals surface area contributed by atoms with Gasteiger partial charge in [-0.1, -0.05) is 97.9 Å². The molecule has 0 aliphatic carbocycles. The number of benzene rings is 3. The van der Waals surface area contributed by atoms with Crippen LogP contribution in [0.2, 0.25) is 0 Å². The monoisotopic (exact) mass is 414 g/mol. The highest BCUT2D eigenvalue weighted by molar-refractivity contribution is 5.88. The van der Waals surface area contributed by atoms with Crippen LogP contribution in [0, 0.1) is 0 Å². The van der Waals surface area contributed by atoms with Gasteiger partial charge in [-0.3, -0.25) is 4.79 Å². The molecular formula is C29H34O2. The molecule has 0 aliphatic rings. The van der Waals surface area contributed by atoms with Crippen molar-refractivity contribution in [3.05, 3.63) is 108 Å². The SMILES string of the molecule is CCC(OCCCc1ccccc1)(C(=O)CCCCc1ccccc1)c1ccccc1. The average Bonchev–Trinajstić information content (AvgIpc) is 2.84. The molecule has 31 heavy (non-hydrogen) atoms. The summed E-state index contributed by atoms with van der Waals surface area (Å²) >= 11 is 0. The maximum Gasteiger partial charge on any atom is 0.169 e. The minimum Gasteiger partial charge on any atom is -0.362 e. The van der Waals surface area contributed by atoms with Crippen LogP contribution in [0.25, 0.3) is 0 Å². The van der Waals surface area contributed by atoms with Gasteiger partial charge in [0.2, 0.25) is 0 Å². The van der Waals surface area contributed by atoms with Crippen molar-refractivity contribution in [1.82, 2.24) is 0 Å². The predicted octanol–water partition coefficient (Wildman–Crippen LogP) is 6.92. The standard InChI is InChI=1S/C29H34O2/c1-2-29(27-21-10-5-11-22-27,31-24-14-20-26-17-8-4-9-18-26)28(30)23-13-12-19-25-15-6-3-7-16-25/h3-11,15-18,21-22H,2,12-14,19-20,23-24H2,1H3. The molecular weight excluding hydrogens is 380 g/mol. The van der Waals surface area contributed by atoms with Gasteiger partial charge in [-0.2, -0.15) is 0 Å². The summed E-state index contributed by atoms with van der Waals surface area (Å²) in [4.78, 5) is 13.4. The quantitative estimate of drug-likeness (QED) is 0.284. The summed E-state index contributed by atoms with van der Waals surface area (Å²) in [7, 11) is 0. The molecule has 2 heteroatoms. The molecule has 1 atom stereocenters. The van der Waals surface area contributed by atoms with Crippen molar-refractivity contribution < 1.29 is 9.53 Å². The van der Waals surface area contributed by atoms with E-state index in [1.54, 1.807) is 0 Å². The lowest BCUT2D eigenvalue weighted by molar-refractivity contribution is -0.147. The Morgan fingerprint density at radius 1 is 0.710 bits per heavy atom. The molecule has 3 aromatic rings. The molecule has 162 valence electrons. The van der Waals surface area contributed by atoms with Crippen molar-refractivity contribution in [1.29, 1.82) is 0 Å². The highest BCUT2D eigenvalue weighted by Gasteiger charge is 2.38. The van der Waals surface area contributed by atoms with E-state index in [0.29, 0.717) is 19.4 Å². The Hall–Kier alpha value is -2.71. The van der Waals surface area contributed by atoms with Gasteiger partial charge in [0.1, 0.15) is 0 Å². The van der Waals surface area contributed by atoms with Crippen molar-refractivity contribution in [2.45, 2.75) is 57.5 Å². The molecule has 0 saturated carbocycles. The van der Waals surface area contributed by atoms with Crippen LogP contribution in [0.1, 0.15) is 55.7 Å². The lowest BCUT2D eigenvalue weighted by atomic mass is 9.84. The Labute approximate surface area is 187 Å². The topological polar surface area (TPSA) is 26.3 Å². The first-order valence-corrected chi connectivity index (χ1v) is 11.6. The second-order valence-corrected chi connectivity index (χ2v) is 8.10. The summed E-state index contributed by atoms with van der Waals surface area (Å²) in [5.41, 5.74) is 2.77. The van der Waals surface area contributed by atoms with Crippen LogP contribution in [0.15, 0.2) is 91.0 Å². The van der Waals surface area contributed by atoms with Crippen molar-refractivity contribution in [3.63, 3.8) is 0 Å². The van der Waals surface area contributed by atoms with Crippen LogP contribution < -0.4 is 0 Å². The Bertz CT molecular complexity index is 890. The molecule has 3 aromatic carbocycles. The van der Waals surface area contributed by atoms with Gasteiger partial charge in [0, 0.05) is 13.0 Å². The van der Waals surface area contributed by atoms with Crippen molar-refractivity contribution >= 4 is 5.78 Å². The largest absolute Gasteiger partial charge is 0.362 e. The van der Waals surface area contributed by atoms with Gasteiger partial charge < -0.3 is 4.74 Å². The minimum absolute atomic E-state index is 0.203. The number of Topliss-reactive ketones (excluding diaryl/α,β-unsaturated/α-hetero) is 1. The number of ketones is 1. The fourth-order valence-corrected chi connectivity index (χ4v) is 4.16. The van der Waals surface area contributed by atoms with Crippen LogP contribution in [-0.2, 0) is 28.0 Å². The van der Waals surface area contributed by atoms with E-state index in [9.17, 15) is 4.79 Å². The normalized spacial score (nSPS) is 12.9. The number of hydrogen-bond acceptors (Lipinski definition) is 2. The molecule has 2 nitrogen and oxygen atoms in total. The summed E-state index contributed by atoms with van der Waals surface area (Å²) in [5, 5.41) is 0. The van der Waals surface area contributed by atoms with Gasteiger partial charge in [0.25, 0.3) is 0 Å². The Morgan fingerprint density at radius 2 is 1.23 bits per heavy atom. The Kier molecular flexibility index (Phi) is 9.05. The van der Waals surface area contributed by atoms with E-state index in [-0.39, 0.29) is 5.78 Å². The smallest absolute Gasteiger partial charge is 0.169 e. The van der Waals surface area contributed by atoms with E-state index < -0.39 is 5.60 Å². The third kappa shape index (κ3) is 6.63. The van der Waals surface area contributed by atoms with E-state index in [1.807, 2.05) is 42.5 Å². The zero-order valence-electron chi connectivity index (χ0n) is 18.6. The van der Waals surface area contributed by atoms with Gasteiger partial charge in [-0.25, -0.2) is 0 Å². The molecule has 0 fully saturated rings. The summed E-state index contributed by atoms with van der Waals surface area (Å²) in [6.07, 6.45) is 5.97. The van der Waals surface area contributed by atoms with Gasteiger partial charge in [0.15, 0.2) is 11.4 Å². The van der Waals surface area contributed by atoms with Gasteiger partial charge in [0.05, 0.1) is 0 Å². The van der Waals surface area contributed by atoms with Crippen LogP contribution in [0.5, 0.6) is 0 Å². The molecule has 0 amide bonds. The first-order valence-electron chi connectivity index (χ1n) is 11.6. The molecule has 0 heterocycles. The number of carbonyl (C=O) groups is 1. The van der Waals surface area contributed by atoms with E-state index in [1.165, 1.54) is 11.1 Å². The zero-order chi connectivity index (χ0) is 21.8. The van der Waals surface area contributed by atoms with E-state index in [2.05, 4.69) is 55.5 Å². The first-order chi connectivity index (χ1) is 15.2. The number of aryl methyl sites for hydroxylation is 2. The van der Waals surface area contributed by atoms with Crippen LogP contribution in [-0.4, -0.2) is 12.4 Å². The average molecular weight is 415 g/mol. The summed E-state index contributed by atoms with van der Waals surface area (Å²) in [6.45, 7) is 2.64. The van der Waals surface area contributed by atoms with E-state index in [0.717, 1.165) is 37.7 Å². The van der Waals surface area contributed by atoms with Crippen molar-refractivity contribution in [2.24, 2.45) is 0 Å². The van der Waals surface area contributed by atoms with Gasteiger partial charge in [-0.05, 0) is 55.2 Å². The second-order valence-electron chi connectivity index (χ2n) is 8.10. The third-order valence-corrected chi connectivity index (χ3v) is 5.95. The van der Waals surface area contributed by atoms with Gasteiger partial charge >= 0.3 is 0 Å². The van der Waals surface area contributed by atoms with Crippen LogP contribution in [0.4, 0.5) is 0 Å². The highest BCUT2D eigenvalue weighted by atomic mass is 16.5. The summed E-state index contributed by atoms with van der Waals surface area (Å²) in [5.74, 6) is 0.203. The molecule has 3 rings (SSSR count). The maximum absolute atomic E-state index is 13.4. The summed E-state index contributed by atoms with van der Waals surface area (Å²) in [6, 6.07) is 31.0. The fourth-order valence-electron chi connectivity index (χ4n) is 4.16. The first kappa shape index (κ1) is 23.0. The predicted molar refractivity (Wildman–Crippen MR) is 128 cm³/mol. The molecule has 0 spiro atoms. The molecule has 0 saturated heterocycles. The van der Waals surface area contributed by atoms with Gasteiger partial charge in [-0.15, -0.1) is 0 Å². The molecule has 0 N–H and O–H groups in total. The number of ether oxygens (including phenoxy) is 1. The lowest BCUT2D eigenvalue weighted by Crippen LogP contribution is -2.38. The Morgan fingerprint density at radius 3 is 1.77 bits per heavy atom. The zero-order valence-corrected chi connectivity index (χ0v) is 18.6. The molecule has 0 radical (unpaired) electrons. The number of unbranched alkanes of at least 4 members (excludes halogenated alkanes) is 1. The number of carbonyl (C=O) groups excluding carboxylic acids is 1. The highest BCUT2D eigenvalue weighted by Crippen LogP contribution is 2.33. The fraction of sp³-hybridized carbons (Fsp3) is 0.345. The molecule has 0 bridgehead atoms. The van der Waals surface area contributed by atoms with Crippen LogP contribution >= 0.6 is 0 Å². The van der Waals surface area contributed by atoms with Crippen molar-refractivity contribution in [2.75, 3.05) is 6.61 Å². The van der Waals surface area contributed by atoms with Crippen LogP contribution in [0.3, 0.4) is 0 Å². The van der Waals surface area contributed by atoms with E-state index in [4.69, 9.17) is 4.74 Å². The number of rotatable bonds is 13. The minimum atomic E-state index is -0.843. The Balaban J connectivity index is 1.60. The maximum atomic E-state index is 13.4. The number of hydrogen-bond donors (Lipinski definition) is 0. The van der Waals surface area contributed by atoms with Crippen molar-refractivity contribution in [3.8, 4) is 0 Å². The summed E-state index contributed by atoms with van der Waals surface area (Å²) < 4.78 is 6.41. The molecule has 0 aromatic heterocycles. The van der Waals surface area contributed by atoms with E-state index >= 15 is 0 Å². The third-order valence-electron chi connectivity index (χ3n) is 5.95.